The predicted molar refractivity (Wildman–Crippen MR) is 125 cm³/mol. The molecule has 2 aliphatic rings. The van der Waals surface area contributed by atoms with Gasteiger partial charge >= 0.3 is 0 Å². The smallest absolute Gasteiger partial charge is 0.157 e. The van der Waals surface area contributed by atoms with Crippen LogP contribution in [0.3, 0.4) is 0 Å². The molecule has 0 spiro atoms. The molecule has 6 rings (SSSR count). The highest BCUT2D eigenvalue weighted by atomic mass is 15.5. The number of fused-ring (bicyclic) bond motifs is 4. The lowest BCUT2D eigenvalue weighted by molar-refractivity contribution is 0.215. The van der Waals surface area contributed by atoms with Crippen LogP contribution in [-0.2, 0) is 19.3 Å². The lowest BCUT2D eigenvalue weighted by atomic mass is 9.87. The van der Waals surface area contributed by atoms with Crippen LogP contribution in [0, 0.1) is 6.92 Å². The number of rotatable bonds is 4. The lowest BCUT2D eigenvalue weighted by Crippen LogP contribution is -2.34. The summed E-state index contributed by atoms with van der Waals surface area (Å²) in [6, 6.07) is 17.6. The number of hydrogen-bond donors (Lipinski definition) is 0. The molecule has 2 aliphatic heterocycles. The molecule has 6 nitrogen and oxygen atoms in total. The fourth-order valence-corrected chi connectivity index (χ4v) is 5.51. The Morgan fingerprint density at radius 2 is 1.84 bits per heavy atom. The summed E-state index contributed by atoms with van der Waals surface area (Å²) in [5.74, 6) is 1.60. The van der Waals surface area contributed by atoms with E-state index in [1.807, 2.05) is 4.68 Å². The number of benzene rings is 2. The zero-order valence-corrected chi connectivity index (χ0v) is 18.5. The first-order chi connectivity index (χ1) is 15.8. The van der Waals surface area contributed by atoms with Crippen molar-refractivity contribution in [2.45, 2.75) is 44.9 Å². The van der Waals surface area contributed by atoms with Crippen molar-refractivity contribution >= 4 is 10.9 Å². The minimum atomic E-state index is 0.627. The Hall–Kier alpha value is -3.12. The summed E-state index contributed by atoms with van der Waals surface area (Å²) in [4.78, 5) is 7.36. The molecular weight excluding hydrogens is 396 g/mol. The molecule has 2 aromatic heterocycles. The number of likely N-dealkylation sites (tertiary alicyclic amines) is 1. The normalized spacial score (nSPS) is 16.8. The first-order valence-electron chi connectivity index (χ1n) is 11.7. The van der Waals surface area contributed by atoms with Gasteiger partial charge in [-0.15, -0.1) is 5.10 Å². The van der Waals surface area contributed by atoms with E-state index in [0.29, 0.717) is 5.92 Å². The van der Waals surface area contributed by atoms with Gasteiger partial charge < -0.3 is 4.90 Å². The number of tetrazole rings is 1. The van der Waals surface area contributed by atoms with Crippen LogP contribution < -0.4 is 0 Å². The molecule has 0 atom stereocenters. The second-order valence-electron chi connectivity index (χ2n) is 9.15. The molecule has 0 unspecified atom stereocenters. The molecule has 0 saturated carbocycles. The summed E-state index contributed by atoms with van der Waals surface area (Å²) in [5.41, 5.74) is 7.71. The zero-order valence-electron chi connectivity index (χ0n) is 18.5. The van der Waals surface area contributed by atoms with E-state index in [9.17, 15) is 0 Å². The van der Waals surface area contributed by atoms with Gasteiger partial charge in [0.25, 0.3) is 0 Å². The molecular formula is C26H28N6. The predicted octanol–water partition coefficient (Wildman–Crippen LogP) is 4.04. The Labute approximate surface area is 188 Å². The van der Waals surface area contributed by atoms with E-state index in [-0.39, 0.29) is 0 Å². The average molecular weight is 425 g/mol. The van der Waals surface area contributed by atoms with Gasteiger partial charge in [-0.3, -0.25) is 4.98 Å². The van der Waals surface area contributed by atoms with Gasteiger partial charge in [-0.25, -0.2) is 0 Å². The van der Waals surface area contributed by atoms with Crippen molar-refractivity contribution < 1.29 is 0 Å². The highest BCUT2D eigenvalue weighted by molar-refractivity contribution is 5.82. The average Bonchev–Trinajstić information content (AvgIpc) is 3.32. The van der Waals surface area contributed by atoms with Crippen molar-refractivity contribution in [3.8, 4) is 5.69 Å². The molecule has 0 aliphatic carbocycles. The van der Waals surface area contributed by atoms with Crippen LogP contribution in [0.4, 0.5) is 0 Å². The highest BCUT2D eigenvalue weighted by Crippen LogP contribution is 2.33. The Kier molecular flexibility index (Phi) is 4.95. The first-order valence-corrected chi connectivity index (χ1v) is 11.7. The topological polar surface area (TPSA) is 59.7 Å². The molecule has 4 aromatic rings. The van der Waals surface area contributed by atoms with Crippen molar-refractivity contribution in [3.63, 3.8) is 0 Å². The van der Waals surface area contributed by atoms with E-state index >= 15 is 0 Å². The second-order valence-corrected chi connectivity index (χ2v) is 9.15. The third-order valence-electron chi connectivity index (χ3n) is 7.24. The largest absolute Gasteiger partial charge is 0.303 e. The molecule has 32 heavy (non-hydrogen) atoms. The molecule has 1 fully saturated rings. The van der Waals surface area contributed by atoms with Crippen molar-refractivity contribution in [1.29, 1.82) is 0 Å². The number of aromatic nitrogens is 5. The fourth-order valence-electron chi connectivity index (χ4n) is 5.51. The van der Waals surface area contributed by atoms with Gasteiger partial charge in [-0.2, -0.15) is 4.68 Å². The highest BCUT2D eigenvalue weighted by Gasteiger charge is 2.24. The Morgan fingerprint density at radius 3 is 2.75 bits per heavy atom. The Balaban J connectivity index is 1.13. The number of pyridine rings is 1. The summed E-state index contributed by atoms with van der Waals surface area (Å²) >= 11 is 0. The quantitative estimate of drug-likeness (QED) is 0.495. The molecule has 0 radical (unpaired) electrons. The number of nitrogens with zero attached hydrogens (tertiary/aromatic N) is 6. The van der Waals surface area contributed by atoms with E-state index in [1.54, 1.807) is 0 Å². The van der Waals surface area contributed by atoms with Gasteiger partial charge in [0.2, 0.25) is 0 Å². The minimum Gasteiger partial charge on any atom is -0.303 e. The molecule has 1 saturated heterocycles. The maximum atomic E-state index is 4.73. The molecule has 0 amide bonds. The van der Waals surface area contributed by atoms with Gasteiger partial charge in [0.15, 0.2) is 5.82 Å². The summed E-state index contributed by atoms with van der Waals surface area (Å²) < 4.78 is 1.91. The zero-order chi connectivity index (χ0) is 21.5. The lowest BCUT2D eigenvalue weighted by Gasteiger charge is -2.33. The first kappa shape index (κ1) is 19.6. The van der Waals surface area contributed by atoms with Gasteiger partial charge in [0, 0.05) is 24.0 Å². The molecule has 162 valence electrons. The van der Waals surface area contributed by atoms with E-state index in [0.717, 1.165) is 61.6 Å². The SMILES string of the molecule is Cc1ccc2c(C3CCN(CCc4cccc5c4CCc4nnnn4-5)CC3)cccc2n1. The standard InChI is InChI=1S/C26H28N6/c1-18-8-9-23-21(5-3-6-24(23)27-18)20-13-16-31(17-14-20)15-12-19-4-2-7-25-22(19)10-11-26-28-29-30-32(25)26/h2-9,20H,10-17H2,1H3. The van der Waals surface area contributed by atoms with Crippen molar-refractivity contribution in [2.75, 3.05) is 19.6 Å². The van der Waals surface area contributed by atoms with E-state index in [1.165, 1.54) is 34.9 Å². The molecule has 0 N–H and O–H groups in total. The van der Waals surface area contributed by atoms with Gasteiger partial charge in [0.1, 0.15) is 0 Å². The van der Waals surface area contributed by atoms with Crippen molar-refractivity contribution in [1.82, 2.24) is 30.1 Å². The summed E-state index contributed by atoms with van der Waals surface area (Å²) in [5, 5.41) is 13.5. The van der Waals surface area contributed by atoms with Gasteiger partial charge in [-0.1, -0.05) is 30.3 Å². The van der Waals surface area contributed by atoms with E-state index in [2.05, 4.69) is 75.9 Å². The van der Waals surface area contributed by atoms with Gasteiger partial charge in [0.05, 0.1) is 11.2 Å². The molecule has 2 aromatic carbocycles. The van der Waals surface area contributed by atoms with Crippen LogP contribution in [0.1, 0.15) is 47.0 Å². The van der Waals surface area contributed by atoms with Crippen LogP contribution in [0.5, 0.6) is 0 Å². The van der Waals surface area contributed by atoms with Crippen LogP contribution >= 0.6 is 0 Å². The van der Waals surface area contributed by atoms with Crippen molar-refractivity contribution in [3.05, 3.63) is 76.7 Å². The Morgan fingerprint density at radius 1 is 0.969 bits per heavy atom. The fraction of sp³-hybridized carbons (Fsp3) is 0.385. The Bertz CT molecular complexity index is 1270. The molecule has 4 heterocycles. The van der Waals surface area contributed by atoms with Crippen molar-refractivity contribution in [2.24, 2.45) is 0 Å². The molecule has 6 heteroatoms. The van der Waals surface area contributed by atoms with Crippen LogP contribution in [-0.4, -0.2) is 49.7 Å². The minimum absolute atomic E-state index is 0.627. The number of hydrogen-bond acceptors (Lipinski definition) is 5. The van der Waals surface area contributed by atoms with E-state index in [4.69, 9.17) is 4.98 Å². The number of piperidine rings is 1. The van der Waals surface area contributed by atoms with E-state index < -0.39 is 0 Å². The second kappa shape index (κ2) is 8.10. The summed E-state index contributed by atoms with van der Waals surface area (Å²) in [6.45, 7) is 5.50. The van der Waals surface area contributed by atoms with Crippen LogP contribution in [0.15, 0.2) is 48.5 Å². The maximum absolute atomic E-state index is 4.73. The number of aryl methyl sites for hydroxylation is 2. The van der Waals surface area contributed by atoms with Crippen LogP contribution in [0.2, 0.25) is 0 Å². The summed E-state index contributed by atoms with van der Waals surface area (Å²) in [7, 11) is 0. The van der Waals surface area contributed by atoms with Gasteiger partial charge in [-0.05, 0) is 96.9 Å². The summed E-state index contributed by atoms with van der Waals surface area (Å²) in [6.07, 6.45) is 5.47. The molecule has 0 bridgehead atoms. The van der Waals surface area contributed by atoms with Crippen LogP contribution in [0.25, 0.3) is 16.6 Å². The maximum Gasteiger partial charge on any atom is 0.157 e. The monoisotopic (exact) mass is 424 g/mol. The third-order valence-corrected chi connectivity index (χ3v) is 7.24. The third kappa shape index (κ3) is 3.48.